The summed E-state index contributed by atoms with van der Waals surface area (Å²) in [6, 6.07) is 26.9. The second-order valence-electron chi connectivity index (χ2n) is 16.9. The monoisotopic (exact) mass is 634 g/mol. The minimum absolute atomic E-state index is 0.0415. The summed E-state index contributed by atoms with van der Waals surface area (Å²) in [5, 5.41) is 23.6. The van der Waals surface area contributed by atoms with Gasteiger partial charge in [-0.2, -0.15) is 0 Å². The molecule has 0 bridgehead atoms. The van der Waals surface area contributed by atoms with Crippen LogP contribution in [0.5, 0.6) is 0 Å². The maximum Gasteiger partial charge on any atom is 0.0950 e. The van der Waals surface area contributed by atoms with Crippen LogP contribution in [0.2, 0.25) is 0 Å². The van der Waals surface area contributed by atoms with E-state index in [0.29, 0.717) is 12.5 Å². The van der Waals surface area contributed by atoms with Crippen molar-refractivity contribution in [3.63, 3.8) is 0 Å². The lowest BCUT2D eigenvalue weighted by Gasteiger charge is -2.44. The summed E-state index contributed by atoms with van der Waals surface area (Å²) in [5.74, 6) is 0.194. The smallest absolute Gasteiger partial charge is 0.0950 e. The number of anilines is 2. The number of hydrogen-bond donors (Lipinski definition) is 6. The van der Waals surface area contributed by atoms with Gasteiger partial charge in [-0.15, -0.1) is 0 Å². The second-order valence-corrected chi connectivity index (χ2v) is 16.9. The quantitative estimate of drug-likeness (QED) is 0.0443. The van der Waals surface area contributed by atoms with Crippen LogP contribution in [-0.4, -0.2) is 29.1 Å². The van der Waals surface area contributed by atoms with Crippen molar-refractivity contribution in [3.8, 4) is 0 Å². The van der Waals surface area contributed by atoms with Crippen molar-refractivity contribution in [1.29, 1.82) is 5.41 Å². The fourth-order valence-electron chi connectivity index (χ4n) is 8.55. The molecule has 3 atom stereocenters. The molecule has 0 amide bonds. The molecule has 4 aromatic carbocycles. The van der Waals surface area contributed by atoms with Crippen LogP contribution >= 0.6 is 0 Å². The van der Waals surface area contributed by atoms with Crippen LogP contribution < -0.4 is 27.4 Å². The standard InChI is InChI=1S/C41H58N6/c1-9-41(8,47-34-17-15-30-18-28(21-36(42)43)11-13-31(30)22-34)26-39(4,5)24-38(2,3)25-40(6,7)46-33-16-14-29-12-10-27(19-32(29)23-33)20-35-37(44)45-35/h10-19,22-23,35,37,45-47H,9,20-21,24-26,44H2,1-8H3,(H3,42,43). The van der Waals surface area contributed by atoms with Gasteiger partial charge in [-0.25, -0.2) is 0 Å². The lowest BCUT2D eigenvalue weighted by molar-refractivity contribution is 0.132. The van der Waals surface area contributed by atoms with E-state index >= 15 is 0 Å². The zero-order valence-electron chi connectivity index (χ0n) is 30.0. The molecule has 1 saturated heterocycles. The van der Waals surface area contributed by atoms with Gasteiger partial charge in [-0.3, -0.25) is 10.7 Å². The Hall–Kier alpha value is -3.61. The fourth-order valence-corrected chi connectivity index (χ4v) is 8.55. The van der Waals surface area contributed by atoms with Gasteiger partial charge in [0.25, 0.3) is 0 Å². The van der Waals surface area contributed by atoms with Crippen molar-refractivity contribution in [2.45, 2.75) is 117 Å². The van der Waals surface area contributed by atoms with Crippen LogP contribution in [0.4, 0.5) is 11.4 Å². The fraction of sp³-hybridized carbons (Fsp3) is 0.488. The number of nitrogens with two attached hydrogens (primary N) is 2. The largest absolute Gasteiger partial charge is 0.387 e. The Morgan fingerprint density at radius 3 is 1.89 bits per heavy atom. The van der Waals surface area contributed by atoms with Crippen molar-refractivity contribution < 1.29 is 0 Å². The van der Waals surface area contributed by atoms with E-state index in [4.69, 9.17) is 16.9 Å². The molecule has 8 N–H and O–H groups in total. The number of benzene rings is 4. The minimum Gasteiger partial charge on any atom is -0.387 e. The van der Waals surface area contributed by atoms with Crippen LogP contribution in [0, 0.1) is 16.2 Å². The summed E-state index contributed by atoms with van der Waals surface area (Å²) in [6.45, 7) is 19.1. The van der Waals surface area contributed by atoms with Gasteiger partial charge in [0.1, 0.15) is 0 Å². The first-order chi connectivity index (χ1) is 21.9. The van der Waals surface area contributed by atoms with Gasteiger partial charge >= 0.3 is 0 Å². The molecular weight excluding hydrogens is 576 g/mol. The molecule has 6 heteroatoms. The molecule has 47 heavy (non-hydrogen) atoms. The third kappa shape index (κ3) is 9.48. The Morgan fingerprint density at radius 2 is 1.23 bits per heavy atom. The number of hydrogen-bond acceptors (Lipinski definition) is 5. The first-order valence-electron chi connectivity index (χ1n) is 17.4. The second kappa shape index (κ2) is 13.1. The summed E-state index contributed by atoms with van der Waals surface area (Å²) in [6.07, 6.45) is 5.88. The third-order valence-corrected chi connectivity index (χ3v) is 9.85. The minimum atomic E-state index is -0.0722. The molecule has 5 rings (SSSR count). The molecule has 1 fully saturated rings. The molecular formula is C41H58N6. The number of amidine groups is 1. The van der Waals surface area contributed by atoms with Gasteiger partial charge in [0.15, 0.2) is 0 Å². The number of fused-ring (bicyclic) bond motifs is 2. The summed E-state index contributed by atoms with van der Waals surface area (Å²) >= 11 is 0. The number of rotatable bonds is 15. The van der Waals surface area contributed by atoms with Gasteiger partial charge in [0.2, 0.25) is 0 Å². The molecule has 0 aliphatic carbocycles. The molecule has 1 aliphatic heterocycles. The Labute approximate surface area is 283 Å². The van der Waals surface area contributed by atoms with Crippen molar-refractivity contribution in [3.05, 3.63) is 83.9 Å². The van der Waals surface area contributed by atoms with Crippen LogP contribution in [0.15, 0.2) is 72.8 Å². The highest BCUT2D eigenvalue weighted by atomic mass is 15.2. The van der Waals surface area contributed by atoms with Crippen molar-refractivity contribution in [2.75, 3.05) is 10.6 Å². The highest BCUT2D eigenvalue weighted by Crippen LogP contribution is 2.45. The van der Waals surface area contributed by atoms with E-state index in [2.05, 4.69) is 144 Å². The molecule has 252 valence electrons. The summed E-state index contributed by atoms with van der Waals surface area (Å²) < 4.78 is 0. The predicted molar refractivity (Wildman–Crippen MR) is 204 cm³/mol. The Bertz CT molecular complexity index is 1740. The molecule has 4 aromatic rings. The molecule has 0 aromatic heterocycles. The van der Waals surface area contributed by atoms with Crippen LogP contribution in [0.25, 0.3) is 21.5 Å². The lowest BCUT2D eigenvalue weighted by atomic mass is 9.66. The molecule has 1 aliphatic rings. The van der Waals surface area contributed by atoms with Gasteiger partial charge in [-0.05, 0) is 121 Å². The van der Waals surface area contributed by atoms with Gasteiger partial charge in [-0.1, -0.05) is 83.1 Å². The summed E-state index contributed by atoms with van der Waals surface area (Å²) in [4.78, 5) is 0. The molecule has 0 spiro atoms. The lowest BCUT2D eigenvalue weighted by Crippen LogP contribution is -2.42. The van der Waals surface area contributed by atoms with E-state index < -0.39 is 0 Å². The van der Waals surface area contributed by atoms with Crippen molar-refractivity contribution >= 4 is 38.8 Å². The van der Waals surface area contributed by atoms with Crippen molar-refractivity contribution in [2.24, 2.45) is 22.3 Å². The van der Waals surface area contributed by atoms with Gasteiger partial charge < -0.3 is 22.1 Å². The first-order valence-corrected chi connectivity index (χ1v) is 17.4. The predicted octanol–water partition coefficient (Wildman–Crippen LogP) is 8.96. The van der Waals surface area contributed by atoms with E-state index in [1.807, 2.05) is 0 Å². The van der Waals surface area contributed by atoms with E-state index in [1.165, 1.54) is 32.8 Å². The molecule has 0 radical (unpaired) electrons. The average molecular weight is 635 g/mol. The van der Waals surface area contributed by atoms with Crippen LogP contribution in [0.1, 0.15) is 92.2 Å². The van der Waals surface area contributed by atoms with Crippen molar-refractivity contribution in [1.82, 2.24) is 5.32 Å². The SMILES string of the molecule is CCC(C)(CC(C)(C)CC(C)(C)CC(C)(C)Nc1ccc2ccc(CC3NC3N)cc2c1)Nc1ccc2cc(CC(=N)N)ccc2c1. The molecule has 0 saturated carbocycles. The topological polar surface area (TPSA) is 122 Å². The molecule has 1 heterocycles. The van der Waals surface area contributed by atoms with E-state index in [-0.39, 0.29) is 33.9 Å². The molecule has 6 nitrogen and oxygen atoms in total. The van der Waals surface area contributed by atoms with E-state index in [1.54, 1.807) is 0 Å². The van der Waals surface area contributed by atoms with Gasteiger partial charge in [0, 0.05) is 34.9 Å². The molecule has 3 unspecified atom stereocenters. The summed E-state index contributed by atoms with van der Waals surface area (Å²) in [5.41, 5.74) is 16.5. The average Bonchev–Trinajstić information content (AvgIpc) is 3.64. The van der Waals surface area contributed by atoms with Crippen LogP contribution in [-0.2, 0) is 12.8 Å². The third-order valence-electron chi connectivity index (χ3n) is 9.85. The Kier molecular flexibility index (Phi) is 9.69. The Morgan fingerprint density at radius 1 is 0.702 bits per heavy atom. The maximum absolute atomic E-state index is 7.62. The maximum atomic E-state index is 7.62. The van der Waals surface area contributed by atoms with E-state index in [0.717, 1.165) is 43.4 Å². The van der Waals surface area contributed by atoms with Gasteiger partial charge in [0.05, 0.1) is 12.0 Å². The van der Waals surface area contributed by atoms with Crippen LogP contribution in [0.3, 0.4) is 0 Å². The number of nitrogens with one attached hydrogen (secondary N) is 4. The first kappa shape index (κ1) is 34.7. The Balaban J connectivity index is 1.22. The zero-order chi connectivity index (χ0) is 34.2. The van der Waals surface area contributed by atoms with E-state index in [9.17, 15) is 0 Å². The highest BCUT2D eigenvalue weighted by Gasteiger charge is 2.38. The summed E-state index contributed by atoms with van der Waals surface area (Å²) in [7, 11) is 0. The normalized spacial score (nSPS) is 18.2. The zero-order valence-corrected chi connectivity index (χ0v) is 30.0. The highest BCUT2D eigenvalue weighted by molar-refractivity contribution is 5.88.